The smallest absolute Gasteiger partial charge is 0.307 e. The molecule has 0 aromatic carbocycles. The summed E-state index contributed by atoms with van der Waals surface area (Å²) < 4.78 is 0. The SMILES string of the molecule is CC(C)=CCC/C(C)=C/CC/C(C)=C/CC(C/C=C(\C)CC/C=C(\C)CCC=C(C)C)C(=O)O. The minimum atomic E-state index is -0.696. The lowest BCUT2D eigenvalue weighted by molar-refractivity contribution is -0.141. The van der Waals surface area contributed by atoms with Crippen molar-refractivity contribution in [3.05, 3.63) is 69.9 Å². The lowest BCUT2D eigenvalue weighted by atomic mass is 9.96. The second kappa shape index (κ2) is 19.2. The Bertz CT molecular complexity index is 716. The summed E-state index contributed by atoms with van der Waals surface area (Å²) in [5, 5.41) is 9.65. The van der Waals surface area contributed by atoms with Gasteiger partial charge in [-0.05, 0) is 120 Å². The van der Waals surface area contributed by atoms with E-state index in [4.69, 9.17) is 0 Å². The Morgan fingerprint density at radius 1 is 0.529 bits per heavy atom. The summed E-state index contributed by atoms with van der Waals surface area (Å²) in [5.41, 5.74) is 8.20. The van der Waals surface area contributed by atoms with Crippen molar-refractivity contribution >= 4 is 5.97 Å². The van der Waals surface area contributed by atoms with Gasteiger partial charge >= 0.3 is 5.97 Å². The van der Waals surface area contributed by atoms with Gasteiger partial charge in [-0.25, -0.2) is 0 Å². The lowest BCUT2D eigenvalue weighted by Crippen LogP contribution is -2.12. The molecule has 0 bridgehead atoms. The second-order valence-electron chi connectivity index (χ2n) is 10.4. The Morgan fingerprint density at radius 2 is 0.824 bits per heavy atom. The van der Waals surface area contributed by atoms with Crippen molar-refractivity contribution in [2.75, 3.05) is 0 Å². The van der Waals surface area contributed by atoms with Crippen LogP contribution in [0.1, 0.15) is 120 Å². The van der Waals surface area contributed by atoms with Crippen LogP contribution in [0.3, 0.4) is 0 Å². The van der Waals surface area contributed by atoms with E-state index in [1.807, 2.05) is 0 Å². The maximum atomic E-state index is 11.7. The zero-order chi connectivity index (χ0) is 25.9. The van der Waals surface area contributed by atoms with Gasteiger partial charge in [-0.15, -0.1) is 0 Å². The van der Waals surface area contributed by atoms with Crippen LogP contribution in [0.4, 0.5) is 0 Å². The summed E-state index contributed by atoms with van der Waals surface area (Å²) >= 11 is 0. The Morgan fingerprint density at radius 3 is 1.12 bits per heavy atom. The van der Waals surface area contributed by atoms with Crippen LogP contribution in [0.5, 0.6) is 0 Å². The molecule has 0 aromatic heterocycles. The summed E-state index contributed by atoms with van der Waals surface area (Å²) in [6, 6.07) is 0. The summed E-state index contributed by atoms with van der Waals surface area (Å²) in [6.07, 6.45) is 23.2. The molecule has 0 amide bonds. The molecule has 0 heterocycles. The highest BCUT2D eigenvalue weighted by Gasteiger charge is 2.14. The van der Waals surface area contributed by atoms with E-state index in [1.54, 1.807) is 0 Å². The van der Waals surface area contributed by atoms with E-state index < -0.39 is 5.97 Å². The number of carboxylic acids is 1. The maximum Gasteiger partial charge on any atom is 0.307 e. The van der Waals surface area contributed by atoms with Gasteiger partial charge < -0.3 is 5.11 Å². The minimum Gasteiger partial charge on any atom is -0.481 e. The molecule has 0 aliphatic heterocycles. The van der Waals surface area contributed by atoms with Crippen LogP contribution in [-0.4, -0.2) is 11.1 Å². The van der Waals surface area contributed by atoms with E-state index in [1.165, 1.54) is 33.4 Å². The molecular formula is C32H52O2. The summed E-state index contributed by atoms with van der Waals surface area (Å²) in [6.45, 7) is 17.2. The van der Waals surface area contributed by atoms with Gasteiger partial charge in [0.05, 0.1) is 5.92 Å². The van der Waals surface area contributed by atoms with Crippen molar-refractivity contribution in [3.8, 4) is 0 Å². The van der Waals surface area contributed by atoms with Crippen LogP contribution in [0.2, 0.25) is 0 Å². The van der Waals surface area contributed by atoms with Gasteiger partial charge in [0.15, 0.2) is 0 Å². The fraction of sp³-hybridized carbons (Fsp3) is 0.594. The second-order valence-corrected chi connectivity index (χ2v) is 10.4. The first-order valence-corrected chi connectivity index (χ1v) is 13.1. The number of hydrogen-bond acceptors (Lipinski definition) is 1. The van der Waals surface area contributed by atoms with E-state index >= 15 is 0 Å². The lowest BCUT2D eigenvalue weighted by Gasteiger charge is -2.09. The quantitative estimate of drug-likeness (QED) is 0.215. The Hall–Kier alpha value is -2.09. The fourth-order valence-electron chi connectivity index (χ4n) is 3.66. The number of hydrogen-bond donors (Lipinski definition) is 1. The van der Waals surface area contributed by atoms with E-state index in [0.717, 1.165) is 51.4 Å². The summed E-state index contributed by atoms with van der Waals surface area (Å²) in [5.74, 6) is -1.04. The van der Waals surface area contributed by atoms with Crippen LogP contribution < -0.4 is 0 Å². The minimum absolute atomic E-state index is 0.340. The van der Waals surface area contributed by atoms with Crippen LogP contribution in [0.25, 0.3) is 0 Å². The zero-order valence-corrected chi connectivity index (χ0v) is 23.5. The number of aliphatic carboxylic acids is 1. The third-order valence-electron chi connectivity index (χ3n) is 6.10. The highest BCUT2D eigenvalue weighted by atomic mass is 16.4. The average Bonchev–Trinajstić information content (AvgIpc) is 2.72. The van der Waals surface area contributed by atoms with Crippen molar-refractivity contribution in [3.63, 3.8) is 0 Å². The van der Waals surface area contributed by atoms with Gasteiger partial charge in [0.25, 0.3) is 0 Å². The third-order valence-corrected chi connectivity index (χ3v) is 6.10. The van der Waals surface area contributed by atoms with Crippen molar-refractivity contribution in [1.29, 1.82) is 0 Å². The van der Waals surface area contributed by atoms with Crippen molar-refractivity contribution in [2.24, 2.45) is 5.92 Å². The molecule has 0 saturated carbocycles. The summed E-state index contributed by atoms with van der Waals surface area (Å²) in [4.78, 5) is 11.7. The predicted octanol–water partition coefficient (Wildman–Crippen LogP) is 10.3. The first kappa shape index (κ1) is 31.9. The number of carbonyl (C=O) groups is 1. The van der Waals surface area contributed by atoms with E-state index in [-0.39, 0.29) is 5.92 Å². The Balaban J connectivity index is 4.51. The molecule has 0 aliphatic carbocycles. The van der Waals surface area contributed by atoms with E-state index in [2.05, 4.69) is 91.8 Å². The van der Waals surface area contributed by atoms with Gasteiger partial charge in [0.1, 0.15) is 0 Å². The van der Waals surface area contributed by atoms with Crippen LogP contribution in [0.15, 0.2) is 69.9 Å². The molecule has 2 heteroatoms. The summed E-state index contributed by atoms with van der Waals surface area (Å²) in [7, 11) is 0. The molecule has 0 rings (SSSR count). The van der Waals surface area contributed by atoms with Crippen molar-refractivity contribution < 1.29 is 9.90 Å². The molecule has 0 spiro atoms. The van der Waals surface area contributed by atoms with Crippen LogP contribution in [-0.2, 0) is 4.79 Å². The molecular weight excluding hydrogens is 416 g/mol. The van der Waals surface area contributed by atoms with Gasteiger partial charge in [0.2, 0.25) is 0 Å². The molecule has 0 aromatic rings. The third kappa shape index (κ3) is 19.4. The van der Waals surface area contributed by atoms with Gasteiger partial charge in [-0.2, -0.15) is 0 Å². The highest BCUT2D eigenvalue weighted by molar-refractivity contribution is 5.70. The largest absolute Gasteiger partial charge is 0.481 e. The molecule has 0 radical (unpaired) electrons. The number of carboxylic acid groups (broad SMARTS) is 1. The molecule has 192 valence electrons. The molecule has 0 aliphatic rings. The normalized spacial score (nSPS) is 14.1. The Labute approximate surface area is 211 Å². The first-order valence-electron chi connectivity index (χ1n) is 13.1. The average molecular weight is 469 g/mol. The number of rotatable bonds is 17. The monoisotopic (exact) mass is 468 g/mol. The van der Waals surface area contributed by atoms with Gasteiger partial charge in [-0.3, -0.25) is 4.79 Å². The molecule has 0 fully saturated rings. The molecule has 0 atom stereocenters. The molecule has 1 N–H and O–H groups in total. The standard InChI is InChI=1S/C32H52O2/c1-25(2)13-9-15-27(5)17-11-19-29(7)21-23-31(32(33)34)24-22-30(8)20-12-18-28(6)16-10-14-26(3)4/h13-14,17-18,21-22,31H,9-12,15-16,19-20,23-24H2,1-8H3,(H,33,34)/b27-17+,28-18+,29-21+,30-22+. The zero-order valence-electron chi connectivity index (χ0n) is 23.5. The fourth-order valence-corrected chi connectivity index (χ4v) is 3.66. The topological polar surface area (TPSA) is 37.3 Å². The molecule has 2 nitrogen and oxygen atoms in total. The highest BCUT2D eigenvalue weighted by Crippen LogP contribution is 2.18. The maximum absolute atomic E-state index is 11.7. The molecule has 34 heavy (non-hydrogen) atoms. The van der Waals surface area contributed by atoms with Crippen molar-refractivity contribution in [1.82, 2.24) is 0 Å². The predicted molar refractivity (Wildman–Crippen MR) is 151 cm³/mol. The van der Waals surface area contributed by atoms with Crippen molar-refractivity contribution in [2.45, 2.75) is 120 Å². The van der Waals surface area contributed by atoms with E-state index in [9.17, 15) is 9.90 Å². The van der Waals surface area contributed by atoms with Crippen LogP contribution in [0, 0.1) is 5.92 Å². The molecule has 0 saturated heterocycles. The molecule has 0 unspecified atom stereocenters. The Kier molecular flexibility index (Phi) is 18.1. The van der Waals surface area contributed by atoms with Gasteiger partial charge in [0, 0.05) is 0 Å². The van der Waals surface area contributed by atoms with E-state index in [0.29, 0.717) is 12.8 Å². The van der Waals surface area contributed by atoms with Gasteiger partial charge in [-0.1, -0.05) is 69.9 Å². The number of allylic oxidation sites excluding steroid dienone is 12. The first-order chi connectivity index (χ1) is 16.0. The van der Waals surface area contributed by atoms with Crippen LogP contribution >= 0.6 is 0 Å².